The predicted molar refractivity (Wildman–Crippen MR) is 124 cm³/mol. The van der Waals surface area contributed by atoms with Gasteiger partial charge in [0.05, 0.1) is 46.1 Å². The zero-order valence-electron chi connectivity index (χ0n) is 18.8. The van der Waals surface area contributed by atoms with Crippen molar-refractivity contribution >= 4 is 23.2 Å². The summed E-state index contributed by atoms with van der Waals surface area (Å²) in [6, 6.07) is 11.7. The third kappa shape index (κ3) is 5.70. The zero-order chi connectivity index (χ0) is 23.8. The van der Waals surface area contributed by atoms with E-state index >= 15 is 0 Å². The molecule has 3 rings (SSSR count). The maximum atomic E-state index is 12.6. The molecule has 0 unspecified atom stereocenters. The number of carbonyl (C=O) groups excluding carboxylic acids is 2. The fourth-order valence-corrected chi connectivity index (χ4v) is 3.19. The summed E-state index contributed by atoms with van der Waals surface area (Å²) in [6.07, 6.45) is 3.14. The Morgan fingerprint density at radius 2 is 1.55 bits per heavy atom. The number of ether oxygens (including phenoxy) is 4. The van der Waals surface area contributed by atoms with Crippen molar-refractivity contribution in [3.05, 3.63) is 66.0 Å². The Balaban J connectivity index is 1.72. The first-order valence-electron chi connectivity index (χ1n) is 9.97. The van der Waals surface area contributed by atoms with Crippen LogP contribution in [0, 0.1) is 0 Å². The van der Waals surface area contributed by atoms with E-state index in [0.29, 0.717) is 45.5 Å². The number of nitrogens with zero attached hydrogens (tertiary/aromatic N) is 1. The van der Waals surface area contributed by atoms with Crippen LogP contribution in [0.15, 0.2) is 54.9 Å². The molecule has 3 aromatic rings. The number of nitrogens with one attached hydrogen (secondary N) is 2. The largest absolute Gasteiger partial charge is 0.494 e. The van der Waals surface area contributed by atoms with Crippen LogP contribution in [-0.2, 0) is 11.2 Å². The van der Waals surface area contributed by atoms with Crippen LogP contribution in [0.4, 0.5) is 11.4 Å². The van der Waals surface area contributed by atoms with E-state index in [0.717, 1.165) is 0 Å². The molecule has 0 bridgehead atoms. The molecule has 0 atom stereocenters. The maximum Gasteiger partial charge on any atom is 0.257 e. The van der Waals surface area contributed by atoms with Crippen molar-refractivity contribution in [3.63, 3.8) is 0 Å². The second kappa shape index (κ2) is 10.9. The lowest BCUT2D eigenvalue weighted by atomic mass is 10.1. The van der Waals surface area contributed by atoms with Crippen LogP contribution in [0.25, 0.3) is 0 Å². The minimum absolute atomic E-state index is 0.0819. The number of carbonyl (C=O) groups is 2. The number of hydrogen-bond acceptors (Lipinski definition) is 7. The van der Waals surface area contributed by atoms with Crippen molar-refractivity contribution in [1.29, 1.82) is 0 Å². The molecule has 1 heterocycles. The smallest absolute Gasteiger partial charge is 0.257 e. The highest BCUT2D eigenvalue weighted by Gasteiger charge is 2.16. The molecule has 9 heteroatoms. The Labute approximate surface area is 191 Å². The number of methoxy groups -OCH3 is 4. The fraction of sp³-hybridized carbons (Fsp3) is 0.208. The van der Waals surface area contributed by atoms with Gasteiger partial charge in [-0.15, -0.1) is 0 Å². The molecule has 2 amide bonds. The van der Waals surface area contributed by atoms with E-state index in [1.165, 1.54) is 34.6 Å². The van der Waals surface area contributed by atoms with E-state index in [1.807, 2.05) is 0 Å². The van der Waals surface area contributed by atoms with Gasteiger partial charge in [0.2, 0.25) is 11.7 Å². The number of amides is 2. The van der Waals surface area contributed by atoms with Gasteiger partial charge >= 0.3 is 0 Å². The molecule has 0 aliphatic heterocycles. The number of rotatable bonds is 9. The Hall–Kier alpha value is -4.27. The predicted octanol–water partition coefficient (Wildman–Crippen LogP) is 3.55. The maximum absolute atomic E-state index is 12.6. The quantitative estimate of drug-likeness (QED) is 0.512. The molecule has 33 heavy (non-hydrogen) atoms. The van der Waals surface area contributed by atoms with Crippen molar-refractivity contribution in [1.82, 2.24) is 4.98 Å². The third-order valence-electron chi connectivity index (χ3n) is 4.75. The highest BCUT2D eigenvalue weighted by atomic mass is 16.5. The number of aromatic nitrogens is 1. The number of pyridine rings is 1. The Kier molecular flexibility index (Phi) is 7.69. The fourth-order valence-electron chi connectivity index (χ4n) is 3.19. The summed E-state index contributed by atoms with van der Waals surface area (Å²) in [6.45, 7) is 0. The van der Waals surface area contributed by atoms with Crippen LogP contribution in [-0.4, -0.2) is 45.2 Å². The summed E-state index contributed by atoms with van der Waals surface area (Å²) in [7, 11) is 6.03. The van der Waals surface area contributed by atoms with Crippen molar-refractivity contribution < 1.29 is 28.5 Å². The minimum Gasteiger partial charge on any atom is -0.494 e. The molecule has 0 radical (unpaired) electrons. The van der Waals surface area contributed by atoms with Crippen LogP contribution < -0.4 is 29.6 Å². The topological polar surface area (TPSA) is 108 Å². The van der Waals surface area contributed by atoms with Gasteiger partial charge in [-0.25, -0.2) is 0 Å². The second-order valence-corrected chi connectivity index (χ2v) is 6.87. The molecule has 2 N–H and O–H groups in total. The number of benzene rings is 2. The SMILES string of the molecule is COc1cc(NC(=O)Cc2cc(OC)c(OC)c(OC)c2)ccc1NC(=O)c1cccnc1. The highest BCUT2D eigenvalue weighted by Crippen LogP contribution is 2.38. The van der Waals surface area contributed by atoms with E-state index < -0.39 is 0 Å². The lowest BCUT2D eigenvalue weighted by molar-refractivity contribution is -0.115. The van der Waals surface area contributed by atoms with E-state index in [1.54, 1.807) is 48.7 Å². The van der Waals surface area contributed by atoms with Gasteiger partial charge in [-0.2, -0.15) is 0 Å². The summed E-state index contributed by atoms with van der Waals surface area (Å²) in [5.74, 6) is 1.22. The van der Waals surface area contributed by atoms with Gasteiger partial charge in [-0.05, 0) is 42.0 Å². The summed E-state index contributed by atoms with van der Waals surface area (Å²) in [5.41, 5.74) is 2.09. The van der Waals surface area contributed by atoms with Crippen LogP contribution >= 0.6 is 0 Å². The molecule has 0 aliphatic carbocycles. The average molecular weight is 451 g/mol. The summed E-state index contributed by atoms with van der Waals surface area (Å²) in [4.78, 5) is 29.0. The summed E-state index contributed by atoms with van der Waals surface area (Å²) in [5, 5.41) is 5.60. The third-order valence-corrected chi connectivity index (χ3v) is 4.75. The molecule has 0 aliphatic rings. The summed E-state index contributed by atoms with van der Waals surface area (Å²) >= 11 is 0. The second-order valence-electron chi connectivity index (χ2n) is 6.87. The Morgan fingerprint density at radius 3 is 2.12 bits per heavy atom. The van der Waals surface area contributed by atoms with E-state index in [9.17, 15) is 9.59 Å². The Morgan fingerprint density at radius 1 is 0.848 bits per heavy atom. The first-order chi connectivity index (χ1) is 16.0. The van der Waals surface area contributed by atoms with Gasteiger partial charge in [0.1, 0.15) is 5.75 Å². The molecule has 0 fully saturated rings. The van der Waals surface area contributed by atoms with E-state index in [2.05, 4.69) is 15.6 Å². The van der Waals surface area contributed by atoms with Crippen LogP contribution in [0.2, 0.25) is 0 Å². The van der Waals surface area contributed by atoms with Gasteiger partial charge in [0, 0.05) is 24.1 Å². The van der Waals surface area contributed by atoms with Gasteiger partial charge in [-0.1, -0.05) is 0 Å². The molecule has 1 aromatic heterocycles. The van der Waals surface area contributed by atoms with Gasteiger partial charge in [0.25, 0.3) is 5.91 Å². The minimum atomic E-state index is -0.319. The molecule has 0 saturated carbocycles. The first-order valence-corrected chi connectivity index (χ1v) is 9.97. The van der Waals surface area contributed by atoms with Crippen LogP contribution in [0.5, 0.6) is 23.0 Å². The molecule has 0 saturated heterocycles. The van der Waals surface area contributed by atoms with Crippen molar-refractivity contribution in [2.75, 3.05) is 39.1 Å². The molecular formula is C24H25N3O6. The molecule has 0 spiro atoms. The van der Waals surface area contributed by atoms with Gasteiger partial charge in [0.15, 0.2) is 11.5 Å². The summed E-state index contributed by atoms with van der Waals surface area (Å²) < 4.78 is 21.4. The lowest BCUT2D eigenvalue weighted by Gasteiger charge is -2.15. The average Bonchev–Trinajstić information content (AvgIpc) is 2.84. The van der Waals surface area contributed by atoms with Gasteiger partial charge < -0.3 is 29.6 Å². The van der Waals surface area contributed by atoms with E-state index in [4.69, 9.17) is 18.9 Å². The van der Waals surface area contributed by atoms with Crippen molar-refractivity contribution in [2.45, 2.75) is 6.42 Å². The molecular weight excluding hydrogens is 426 g/mol. The van der Waals surface area contributed by atoms with Crippen molar-refractivity contribution in [2.24, 2.45) is 0 Å². The van der Waals surface area contributed by atoms with Crippen LogP contribution in [0.1, 0.15) is 15.9 Å². The lowest BCUT2D eigenvalue weighted by Crippen LogP contribution is -2.15. The standard InChI is InChI=1S/C24H25N3O6/c1-30-19-13-17(7-8-18(19)27-24(29)16-6-5-9-25-14-16)26-22(28)12-15-10-20(31-2)23(33-4)21(11-15)32-3/h5-11,13-14H,12H2,1-4H3,(H,26,28)(H,27,29). The normalized spacial score (nSPS) is 10.2. The van der Waals surface area contributed by atoms with Gasteiger partial charge in [-0.3, -0.25) is 14.6 Å². The Bertz CT molecular complexity index is 1110. The number of hydrogen-bond donors (Lipinski definition) is 2. The van der Waals surface area contributed by atoms with Crippen LogP contribution in [0.3, 0.4) is 0 Å². The number of anilines is 2. The first kappa shape index (κ1) is 23.4. The van der Waals surface area contributed by atoms with E-state index in [-0.39, 0.29) is 18.2 Å². The molecule has 172 valence electrons. The monoisotopic (exact) mass is 451 g/mol. The highest BCUT2D eigenvalue weighted by molar-refractivity contribution is 6.05. The molecule has 2 aromatic carbocycles. The zero-order valence-corrected chi connectivity index (χ0v) is 18.8. The van der Waals surface area contributed by atoms with Crippen molar-refractivity contribution in [3.8, 4) is 23.0 Å². The molecule has 9 nitrogen and oxygen atoms in total.